The zero-order valence-electron chi connectivity index (χ0n) is 9.05. The van der Waals surface area contributed by atoms with Gasteiger partial charge in [-0.05, 0) is 36.4 Å². The molecule has 1 rings (SSSR count). The van der Waals surface area contributed by atoms with Crippen LogP contribution in [0.2, 0.25) is 0 Å². The van der Waals surface area contributed by atoms with Gasteiger partial charge in [0, 0.05) is 4.88 Å². The molecule has 0 aliphatic carbocycles. The van der Waals surface area contributed by atoms with Crippen LogP contribution < -0.4 is 5.32 Å². The first-order valence-corrected chi connectivity index (χ1v) is 6.13. The van der Waals surface area contributed by atoms with E-state index >= 15 is 0 Å². The summed E-state index contributed by atoms with van der Waals surface area (Å²) in [5.74, 6) is 0. The smallest absolute Gasteiger partial charge is 0.0600 e. The molecule has 0 amide bonds. The second kappa shape index (κ2) is 5.99. The van der Waals surface area contributed by atoms with Gasteiger partial charge in [0.25, 0.3) is 0 Å². The van der Waals surface area contributed by atoms with E-state index in [2.05, 4.69) is 37.2 Å². The summed E-state index contributed by atoms with van der Waals surface area (Å²) in [4.78, 5) is 1.43. The standard InChI is InChI=1S/C12H19NS/c1-4-8-13-11(6-3)12-10(5-2)7-9-14-12/h6-7,9,11,13H,3-5,8H2,1-2H3. The molecule has 14 heavy (non-hydrogen) atoms. The van der Waals surface area contributed by atoms with Crippen molar-refractivity contribution in [2.75, 3.05) is 6.54 Å². The van der Waals surface area contributed by atoms with Crippen LogP contribution in [0.5, 0.6) is 0 Å². The van der Waals surface area contributed by atoms with Gasteiger partial charge in [-0.25, -0.2) is 0 Å². The lowest BCUT2D eigenvalue weighted by molar-refractivity contribution is 0.617. The number of rotatable bonds is 6. The van der Waals surface area contributed by atoms with Crippen LogP contribution in [-0.2, 0) is 6.42 Å². The minimum absolute atomic E-state index is 0.338. The van der Waals surface area contributed by atoms with Gasteiger partial charge < -0.3 is 5.32 Å². The summed E-state index contributed by atoms with van der Waals surface area (Å²) in [5.41, 5.74) is 1.45. The molecule has 0 aliphatic rings. The molecular formula is C12H19NS. The van der Waals surface area contributed by atoms with Crippen molar-refractivity contribution in [2.45, 2.75) is 32.7 Å². The Morgan fingerprint density at radius 1 is 1.57 bits per heavy atom. The van der Waals surface area contributed by atoms with Crippen LogP contribution in [0, 0.1) is 0 Å². The monoisotopic (exact) mass is 209 g/mol. The molecule has 78 valence electrons. The third kappa shape index (κ3) is 2.69. The Bertz CT molecular complexity index is 278. The van der Waals surface area contributed by atoms with Gasteiger partial charge in [-0.3, -0.25) is 0 Å². The van der Waals surface area contributed by atoms with E-state index in [9.17, 15) is 0 Å². The molecule has 1 aromatic heterocycles. The Morgan fingerprint density at radius 2 is 2.36 bits per heavy atom. The maximum absolute atomic E-state index is 3.89. The summed E-state index contributed by atoms with van der Waals surface area (Å²) >= 11 is 1.82. The maximum atomic E-state index is 3.89. The van der Waals surface area contributed by atoms with E-state index in [1.807, 2.05) is 17.4 Å². The molecule has 1 nitrogen and oxygen atoms in total. The lowest BCUT2D eigenvalue weighted by Gasteiger charge is -2.14. The van der Waals surface area contributed by atoms with E-state index in [1.54, 1.807) is 0 Å². The van der Waals surface area contributed by atoms with E-state index in [0.29, 0.717) is 6.04 Å². The Hall–Kier alpha value is -0.600. The highest BCUT2D eigenvalue weighted by Crippen LogP contribution is 2.25. The summed E-state index contributed by atoms with van der Waals surface area (Å²) in [5, 5.41) is 5.65. The predicted molar refractivity (Wildman–Crippen MR) is 64.9 cm³/mol. The van der Waals surface area contributed by atoms with Crippen LogP contribution in [0.4, 0.5) is 0 Å². The SMILES string of the molecule is C=CC(NCCC)c1sccc1CC. The van der Waals surface area contributed by atoms with Crippen LogP contribution in [0.15, 0.2) is 24.1 Å². The van der Waals surface area contributed by atoms with Crippen molar-refractivity contribution in [1.29, 1.82) is 0 Å². The van der Waals surface area contributed by atoms with Crippen molar-refractivity contribution >= 4 is 11.3 Å². The fraction of sp³-hybridized carbons (Fsp3) is 0.500. The molecule has 0 fully saturated rings. The van der Waals surface area contributed by atoms with Crippen LogP contribution in [0.3, 0.4) is 0 Å². The first kappa shape index (κ1) is 11.5. The van der Waals surface area contributed by atoms with Gasteiger partial charge in [-0.1, -0.05) is 19.9 Å². The van der Waals surface area contributed by atoms with E-state index in [0.717, 1.165) is 19.4 Å². The van der Waals surface area contributed by atoms with E-state index in [4.69, 9.17) is 0 Å². The number of nitrogens with one attached hydrogen (secondary N) is 1. The molecule has 0 radical (unpaired) electrons. The zero-order valence-corrected chi connectivity index (χ0v) is 9.86. The predicted octanol–water partition coefficient (Wildman–Crippen LogP) is 3.54. The first-order valence-electron chi connectivity index (χ1n) is 5.25. The molecule has 0 saturated carbocycles. The van der Waals surface area contributed by atoms with Crippen molar-refractivity contribution in [1.82, 2.24) is 5.32 Å². The fourth-order valence-corrected chi connectivity index (χ4v) is 2.56. The van der Waals surface area contributed by atoms with Crippen LogP contribution >= 0.6 is 11.3 Å². The summed E-state index contributed by atoms with van der Waals surface area (Å²) < 4.78 is 0. The largest absolute Gasteiger partial charge is 0.306 e. The quantitative estimate of drug-likeness (QED) is 0.707. The molecule has 1 heterocycles. The molecule has 1 aromatic rings. The highest BCUT2D eigenvalue weighted by molar-refractivity contribution is 7.10. The molecule has 1 unspecified atom stereocenters. The molecule has 1 N–H and O–H groups in total. The molecular weight excluding hydrogens is 190 g/mol. The van der Waals surface area contributed by atoms with Gasteiger partial charge in [0.05, 0.1) is 6.04 Å². The average molecular weight is 209 g/mol. The van der Waals surface area contributed by atoms with Crippen LogP contribution in [0.1, 0.15) is 36.8 Å². The fourth-order valence-electron chi connectivity index (χ4n) is 1.50. The molecule has 0 aliphatic heterocycles. The average Bonchev–Trinajstić information content (AvgIpc) is 2.67. The van der Waals surface area contributed by atoms with Crippen molar-refractivity contribution in [2.24, 2.45) is 0 Å². The van der Waals surface area contributed by atoms with Gasteiger partial charge >= 0.3 is 0 Å². The molecule has 0 aromatic carbocycles. The molecule has 1 atom stereocenters. The lowest BCUT2D eigenvalue weighted by atomic mass is 10.1. The Morgan fingerprint density at radius 3 is 2.93 bits per heavy atom. The summed E-state index contributed by atoms with van der Waals surface area (Å²) in [6, 6.07) is 2.55. The highest BCUT2D eigenvalue weighted by atomic mass is 32.1. The minimum atomic E-state index is 0.338. The van der Waals surface area contributed by atoms with Crippen molar-refractivity contribution in [3.05, 3.63) is 34.5 Å². The summed E-state index contributed by atoms with van der Waals surface area (Å²) in [7, 11) is 0. The minimum Gasteiger partial charge on any atom is -0.306 e. The number of hydrogen-bond donors (Lipinski definition) is 1. The van der Waals surface area contributed by atoms with Crippen molar-refractivity contribution < 1.29 is 0 Å². The molecule has 0 spiro atoms. The lowest BCUT2D eigenvalue weighted by Crippen LogP contribution is -2.20. The van der Waals surface area contributed by atoms with Gasteiger partial charge in [0.15, 0.2) is 0 Å². The van der Waals surface area contributed by atoms with E-state index in [-0.39, 0.29) is 0 Å². The van der Waals surface area contributed by atoms with Crippen molar-refractivity contribution in [3.8, 4) is 0 Å². The van der Waals surface area contributed by atoms with Gasteiger partial charge in [0.2, 0.25) is 0 Å². The normalized spacial score (nSPS) is 12.7. The Kier molecular flexibility index (Phi) is 4.91. The van der Waals surface area contributed by atoms with E-state index in [1.165, 1.54) is 10.4 Å². The van der Waals surface area contributed by atoms with E-state index < -0.39 is 0 Å². The summed E-state index contributed by atoms with van der Waals surface area (Å²) in [6.07, 6.45) is 4.27. The number of thiophene rings is 1. The van der Waals surface area contributed by atoms with Gasteiger partial charge in [0.1, 0.15) is 0 Å². The number of aryl methyl sites for hydroxylation is 1. The first-order chi connectivity index (χ1) is 6.83. The molecule has 0 bridgehead atoms. The topological polar surface area (TPSA) is 12.0 Å². The molecule has 0 saturated heterocycles. The Balaban J connectivity index is 2.72. The zero-order chi connectivity index (χ0) is 10.4. The third-order valence-electron chi connectivity index (χ3n) is 2.29. The molecule has 2 heteroatoms. The third-order valence-corrected chi connectivity index (χ3v) is 3.34. The van der Waals surface area contributed by atoms with Gasteiger partial charge in [-0.2, -0.15) is 0 Å². The second-order valence-corrected chi connectivity index (χ2v) is 4.28. The number of hydrogen-bond acceptors (Lipinski definition) is 2. The van der Waals surface area contributed by atoms with Gasteiger partial charge in [-0.15, -0.1) is 17.9 Å². The second-order valence-electron chi connectivity index (χ2n) is 3.33. The Labute approximate surface area is 90.9 Å². The van der Waals surface area contributed by atoms with Crippen LogP contribution in [0.25, 0.3) is 0 Å². The van der Waals surface area contributed by atoms with Crippen LogP contribution in [-0.4, -0.2) is 6.54 Å². The van der Waals surface area contributed by atoms with Crippen molar-refractivity contribution in [3.63, 3.8) is 0 Å². The summed E-state index contributed by atoms with van der Waals surface area (Å²) in [6.45, 7) is 9.33. The highest BCUT2D eigenvalue weighted by Gasteiger charge is 2.11. The maximum Gasteiger partial charge on any atom is 0.0600 e.